The van der Waals surface area contributed by atoms with E-state index in [-0.39, 0.29) is 12.2 Å². The predicted molar refractivity (Wildman–Crippen MR) is 71.7 cm³/mol. The van der Waals surface area contributed by atoms with Crippen LogP contribution in [0.1, 0.15) is 60.3 Å². The zero-order valence-corrected chi connectivity index (χ0v) is 12.0. The Labute approximate surface area is 106 Å². The van der Waals surface area contributed by atoms with Crippen molar-refractivity contribution in [2.45, 2.75) is 78.6 Å². The lowest BCUT2D eigenvalue weighted by molar-refractivity contribution is -0.132. The lowest BCUT2D eigenvalue weighted by Crippen LogP contribution is -2.42. The van der Waals surface area contributed by atoms with E-state index in [1.54, 1.807) is 0 Å². The highest BCUT2D eigenvalue weighted by Gasteiger charge is 2.40. The standard InChI is InChI=1S/C14H28N2O/c1-6-8-13-15-12(9-10(3)4)14(17)16(13)11(5)7-2/h10-13,15H,6-9H2,1-5H3. The molecule has 17 heavy (non-hydrogen) atoms. The molecule has 0 aromatic heterocycles. The van der Waals surface area contributed by atoms with Gasteiger partial charge in [0.05, 0.1) is 12.2 Å². The van der Waals surface area contributed by atoms with Crippen molar-refractivity contribution in [2.75, 3.05) is 0 Å². The van der Waals surface area contributed by atoms with E-state index in [9.17, 15) is 4.79 Å². The molecule has 1 saturated heterocycles. The number of nitrogens with zero attached hydrogens (tertiary/aromatic N) is 1. The van der Waals surface area contributed by atoms with Crippen LogP contribution in [-0.2, 0) is 4.79 Å². The molecule has 0 saturated carbocycles. The minimum absolute atomic E-state index is 0.0422. The van der Waals surface area contributed by atoms with Gasteiger partial charge in [0.1, 0.15) is 0 Å². The van der Waals surface area contributed by atoms with Crippen LogP contribution >= 0.6 is 0 Å². The van der Waals surface area contributed by atoms with Crippen LogP contribution in [0.25, 0.3) is 0 Å². The SMILES string of the molecule is CCCC1NC(CC(C)C)C(=O)N1C(C)CC. The first kappa shape index (κ1) is 14.5. The largest absolute Gasteiger partial charge is 0.323 e. The fraction of sp³-hybridized carbons (Fsp3) is 0.929. The molecule has 0 aliphatic carbocycles. The van der Waals surface area contributed by atoms with Crippen LogP contribution in [-0.4, -0.2) is 29.1 Å². The fourth-order valence-electron chi connectivity index (χ4n) is 2.57. The minimum atomic E-state index is 0.0422. The maximum absolute atomic E-state index is 12.4. The lowest BCUT2D eigenvalue weighted by atomic mass is 10.0. The van der Waals surface area contributed by atoms with Crippen LogP contribution in [0.3, 0.4) is 0 Å². The van der Waals surface area contributed by atoms with Gasteiger partial charge in [0.2, 0.25) is 5.91 Å². The van der Waals surface area contributed by atoms with Gasteiger partial charge in [-0.1, -0.05) is 34.1 Å². The van der Waals surface area contributed by atoms with E-state index >= 15 is 0 Å². The highest BCUT2D eigenvalue weighted by Crippen LogP contribution is 2.23. The maximum atomic E-state index is 12.4. The lowest BCUT2D eigenvalue weighted by Gasteiger charge is -2.29. The monoisotopic (exact) mass is 240 g/mol. The van der Waals surface area contributed by atoms with Gasteiger partial charge in [-0.05, 0) is 32.1 Å². The van der Waals surface area contributed by atoms with E-state index in [0.29, 0.717) is 17.9 Å². The van der Waals surface area contributed by atoms with Gasteiger partial charge in [-0.3, -0.25) is 10.1 Å². The molecule has 0 radical (unpaired) electrons. The number of amides is 1. The molecular weight excluding hydrogens is 212 g/mol. The second kappa shape index (κ2) is 6.39. The molecule has 1 aliphatic rings. The summed E-state index contributed by atoms with van der Waals surface area (Å²) in [4.78, 5) is 14.5. The number of nitrogens with one attached hydrogen (secondary N) is 1. The normalized spacial score (nSPS) is 26.9. The van der Waals surface area contributed by atoms with E-state index in [1.165, 1.54) is 0 Å². The molecule has 1 fully saturated rings. The van der Waals surface area contributed by atoms with Gasteiger partial charge in [-0.25, -0.2) is 0 Å². The molecule has 3 unspecified atom stereocenters. The Balaban J connectivity index is 2.74. The van der Waals surface area contributed by atoms with Crippen LogP contribution in [0, 0.1) is 5.92 Å². The van der Waals surface area contributed by atoms with Gasteiger partial charge in [0, 0.05) is 6.04 Å². The fourth-order valence-corrected chi connectivity index (χ4v) is 2.57. The Morgan fingerprint density at radius 2 is 1.94 bits per heavy atom. The van der Waals surface area contributed by atoms with Crippen LogP contribution in [0.15, 0.2) is 0 Å². The Morgan fingerprint density at radius 3 is 2.41 bits per heavy atom. The smallest absolute Gasteiger partial charge is 0.241 e. The first-order chi connectivity index (χ1) is 8.01. The van der Waals surface area contributed by atoms with Crippen LogP contribution in [0.5, 0.6) is 0 Å². The molecule has 0 bridgehead atoms. The predicted octanol–water partition coefficient (Wildman–Crippen LogP) is 2.76. The molecule has 1 rings (SSSR count). The molecule has 1 heterocycles. The van der Waals surface area contributed by atoms with Crippen molar-refractivity contribution in [3.63, 3.8) is 0 Å². The molecule has 3 atom stereocenters. The third-order valence-corrected chi connectivity index (χ3v) is 3.62. The Kier molecular flexibility index (Phi) is 5.44. The summed E-state index contributed by atoms with van der Waals surface area (Å²) >= 11 is 0. The zero-order chi connectivity index (χ0) is 13.0. The van der Waals surface area contributed by atoms with Crippen molar-refractivity contribution in [2.24, 2.45) is 5.92 Å². The van der Waals surface area contributed by atoms with Crippen LogP contribution in [0.4, 0.5) is 0 Å². The third kappa shape index (κ3) is 3.44. The van der Waals surface area contributed by atoms with E-state index < -0.39 is 0 Å². The first-order valence-corrected chi connectivity index (χ1v) is 7.09. The van der Waals surface area contributed by atoms with Crippen LogP contribution in [0.2, 0.25) is 0 Å². The van der Waals surface area contributed by atoms with Gasteiger partial charge in [-0.2, -0.15) is 0 Å². The first-order valence-electron chi connectivity index (χ1n) is 7.09. The number of carbonyl (C=O) groups is 1. The Hall–Kier alpha value is -0.570. The average molecular weight is 240 g/mol. The van der Waals surface area contributed by atoms with Crippen molar-refractivity contribution in [1.82, 2.24) is 10.2 Å². The minimum Gasteiger partial charge on any atom is -0.323 e. The Morgan fingerprint density at radius 1 is 1.29 bits per heavy atom. The van der Waals surface area contributed by atoms with Gasteiger partial charge < -0.3 is 4.90 Å². The van der Waals surface area contributed by atoms with Crippen molar-refractivity contribution >= 4 is 5.91 Å². The van der Waals surface area contributed by atoms with Gasteiger partial charge in [0.15, 0.2) is 0 Å². The molecule has 0 spiro atoms. The summed E-state index contributed by atoms with van der Waals surface area (Å²) in [5.41, 5.74) is 0. The number of rotatable bonds is 6. The van der Waals surface area contributed by atoms with E-state index in [4.69, 9.17) is 0 Å². The van der Waals surface area contributed by atoms with E-state index in [2.05, 4.69) is 44.8 Å². The van der Waals surface area contributed by atoms with Gasteiger partial charge in [0.25, 0.3) is 0 Å². The maximum Gasteiger partial charge on any atom is 0.241 e. The second-order valence-electron chi connectivity index (χ2n) is 5.66. The molecule has 0 aromatic carbocycles. The summed E-state index contributed by atoms with van der Waals surface area (Å²) < 4.78 is 0. The molecule has 3 nitrogen and oxygen atoms in total. The molecule has 3 heteroatoms. The topological polar surface area (TPSA) is 32.3 Å². The highest BCUT2D eigenvalue weighted by atomic mass is 16.2. The summed E-state index contributed by atoms with van der Waals surface area (Å²) in [6.45, 7) is 10.8. The summed E-state index contributed by atoms with van der Waals surface area (Å²) in [7, 11) is 0. The number of hydrogen-bond donors (Lipinski definition) is 1. The molecule has 100 valence electrons. The summed E-state index contributed by atoms with van der Waals surface area (Å²) in [6.07, 6.45) is 4.41. The zero-order valence-electron chi connectivity index (χ0n) is 12.0. The number of carbonyl (C=O) groups excluding carboxylic acids is 1. The van der Waals surface area contributed by atoms with Crippen LogP contribution < -0.4 is 5.32 Å². The third-order valence-electron chi connectivity index (χ3n) is 3.62. The Bertz CT molecular complexity index is 253. The molecule has 1 aliphatic heterocycles. The van der Waals surface area contributed by atoms with Gasteiger partial charge in [-0.15, -0.1) is 0 Å². The summed E-state index contributed by atoms with van der Waals surface area (Å²) in [6, 6.07) is 0.393. The summed E-state index contributed by atoms with van der Waals surface area (Å²) in [5.74, 6) is 0.877. The van der Waals surface area contributed by atoms with Crippen molar-refractivity contribution in [3.05, 3.63) is 0 Å². The molecule has 1 amide bonds. The highest BCUT2D eigenvalue weighted by molar-refractivity contribution is 5.84. The average Bonchev–Trinajstić information content (AvgIpc) is 2.55. The van der Waals surface area contributed by atoms with E-state index in [1.807, 2.05) is 0 Å². The van der Waals surface area contributed by atoms with Gasteiger partial charge >= 0.3 is 0 Å². The van der Waals surface area contributed by atoms with Crippen molar-refractivity contribution in [1.29, 1.82) is 0 Å². The molecule has 0 aromatic rings. The molecule has 1 N–H and O–H groups in total. The quantitative estimate of drug-likeness (QED) is 0.774. The van der Waals surface area contributed by atoms with Crippen molar-refractivity contribution in [3.8, 4) is 0 Å². The van der Waals surface area contributed by atoms with E-state index in [0.717, 1.165) is 25.7 Å². The summed E-state index contributed by atoms with van der Waals surface area (Å²) in [5, 5.41) is 3.51. The van der Waals surface area contributed by atoms with Crippen molar-refractivity contribution < 1.29 is 4.79 Å². The molecular formula is C14H28N2O. The number of hydrogen-bond acceptors (Lipinski definition) is 2. The second-order valence-corrected chi connectivity index (χ2v) is 5.66.